The van der Waals surface area contributed by atoms with Crippen LogP contribution in [0.5, 0.6) is 0 Å². The molecular formula is C12H19N3O2S. The van der Waals surface area contributed by atoms with E-state index >= 15 is 0 Å². The first-order valence-corrected chi connectivity index (χ1v) is 7.92. The largest absolute Gasteiger partial charge is 0.271 e. The summed E-state index contributed by atoms with van der Waals surface area (Å²) < 4.78 is 24.1. The summed E-state index contributed by atoms with van der Waals surface area (Å²) in [5, 5.41) is -0.391. The number of rotatable bonds is 4. The SMILES string of the molecule is NNC(Cc1ccccn1)C1CCCCS1(=O)=O. The standard InChI is InChI=1S/C12H19N3O2S/c13-15-11(9-10-5-1-3-7-14-10)12-6-2-4-8-18(12,16)17/h1,3,5,7,11-12,15H,2,4,6,8-9,13H2. The molecule has 3 N–H and O–H groups in total. The van der Waals surface area contributed by atoms with Crippen LogP contribution >= 0.6 is 0 Å². The van der Waals surface area contributed by atoms with Crippen LogP contribution in [-0.2, 0) is 16.3 Å². The summed E-state index contributed by atoms with van der Waals surface area (Å²) in [5.41, 5.74) is 3.52. The molecule has 1 aromatic heterocycles. The lowest BCUT2D eigenvalue weighted by atomic mass is 10.0. The fourth-order valence-corrected chi connectivity index (χ4v) is 4.58. The van der Waals surface area contributed by atoms with E-state index in [0.717, 1.165) is 18.5 Å². The lowest BCUT2D eigenvalue weighted by Crippen LogP contribution is -2.50. The zero-order valence-corrected chi connectivity index (χ0v) is 11.1. The van der Waals surface area contributed by atoms with Gasteiger partial charge >= 0.3 is 0 Å². The van der Waals surface area contributed by atoms with Gasteiger partial charge in [-0.15, -0.1) is 0 Å². The highest BCUT2D eigenvalue weighted by Gasteiger charge is 2.35. The second kappa shape index (κ2) is 5.77. The number of hydrogen-bond donors (Lipinski definition) is 2. The van der Waals surface area contributed by atoms with Crippen LogP contribution in [0.15, 0.2) is 24.4 Å². The third-order valence-corrected chi connectivity index (χ3v) is 5.79. The molecule has 1 saturated heterocycles. The maximum Gasteiger partial charge on any atom is 0.154 e. The van der Waals surface area contributed by atoms with Crippen LogP contribution in [0.2, 0.25) is 0 Å². The van der Waals surface area contributed by atoms with Crippen molar-refractivity contribution in [1.29, 1.82) is 0 Å². The Morgan fingerprint density at radius 1 is 1.44 bits per heavy atom. The van der Waals surface area contributed by atoms with E-state index < -0.39 is 15.1 Å². The van der Waals surface area contributed by atoms with Crippen molar-refractivity contribution < 1.29 is 8.42 Å². The van der Waals surface area contributed by atoms with E-state index in [2.05, 4.69) is 10.4 Å². The van der Waals surface area contributed by atoms with Gasteiger partial charge in [-0.3, -0.25) is 16.3 Å². The molecule has 18 heavy (non-hydrogen) atoms. The van der Waals surface area contributed by atoms with Gasteiger partial charge in [-0.2, -0.15) is 0 Å². The van der Waals surface area contributed by atoms with Gasteiger partial charge in [0, 0.05) is 24.4 Å². The fraction of sp³-hybridized carbons (Fsp3) is 0.583. The van der Waals surface area contributed by atoms with Gasteiger partial charge in [0.2, 0.25) is 0 Å². The highest BCUT2D eigenvalue weighted by Crippen LogP contribution is 2.23. The Bertz CT molecular complexity index is 475. The van der Waals surface area contributed by atoms with Crippen LogP contribution in [0.25, 0.3) is 0 Å². The molecule has 2 atom stereocenters. The van der Waals surface area contributed by atoms with Gasteiger partial charge in [-0.25, -0.2) is 8.42 Å². The molecule has 1 aliphatic heterocycles. The molecule has 0 spiro atoms. The molecule has 0 aliphatic carbocycles. The summed E-state index contributed by atoms with van der Waals surface area (Å²) in [4.78, 5) is 4.22. The predicted molar refractivity (Wildman–Crippen MR) is 70.5 cm³/mol. The Morgan fingerprint density at radius 3 is 2.89 bits per heavy atom. The maximum absolute atomic E-state index is 12.1. The van der Waals surface area contributed by atoms with E-state index in [0.29, 0.717) is 12.8 Å². The first kappa shape index (κ1) is 13.5. The molecule has 5 nitrogen and oxygen atoms in total. The summed E-state index contributed by atoms with van der Waals surface area (Å²) in [6, 6.07) is 5.36. The van der Waals surface area contributed by atoms with Gasteiger partial charge in [-0.05, 0) is 25.0 Å². The minimum absolute atomic E-state index is 0.259. The molecule has 1 aromatic rings. The van der Waals surface area contributed by atoms with Crippen molar-refractivity contribution in [1.82, 2.24) is 10.4 Å². The smallest absolute Gasteiger partial charge is 0.154 e. The van der Waals surface area contributed by atoms with Gasteiger partial charge in [0.1, 0.15) is 0 Å². The maximum atomic E-state index is 12.1. The predicted octanol–water partition coefficient (Wildman–Crippen LogP) is 0.423. The van der Waals surface area contributed by atoms with Crippen LogP contribution in [0.4, 0.5) is 0 Å². The Labute approximate surface area is 108 Å². The van der Waals surface area contributed by atoms with Gasteiger partial charge in [0.25, 0.3) is 0 Å². The van der Waals surface area contributed by atoms with Crippen LogP contribution in [0.1, 0.15) is 25.0 Å². The number of nitrogens with one attached hydrogen (secondary N) is 1. The van der Waals surface area contributed by atoms with Crippen molar-refractivity contribution in [2.24, 2.45) is 5.84 Å². The minimum atomic E-state index is -3.03. The Morgan fingerprint density at radius 2 is 2.28 bits per heavy atom. The summed E-state index contributed by atoms with van der Waals surface area (Å²) in [7, 11) is -3.03. The van der Waals surface area contributed by atoms with Crippen molar-refractivity contribution >= 4 is 9.84 Å². The van der Waals surface area contributed by atoms with E-state index in [1.165, 1.54) is 0 Å². The number of nitrogens with zero attached hydrogens (tertiary/aromatic N) is 1. The first-order valence-electron chi connectivity index (χ1n) is 6.21. The van der Waals surface area contributed by atoms with Gasteiger partial charge < -0.3 is 0 Å². The third kappa shape index (κ3) is 3.07. The van der Waals surface area contributed by atoms with Crippen molar-refractivity contribution in [2.45, 2.75) is 37.0 Å². The molecule has 1 aliphatic rings. The summed E-state index contributed by atoms with van der Waals surface area (Å²) >= 11 is 0. The van der Waals surface area contributed by atoms with Crippen molar-refractivity contribution in [2.75, 3.05) is 5.75 Å². The molecule has 0 bridgehead atoms. The van der Waals surface area contributed by atoms with Crippen molar-refractivity contribution in [3.8, 4) is 0 Å². The molecule has 0 saturated carbocycles. The van der Waals surface area contributed by atoms with Gasteiger partial charge in [0.05, 0.1) is 11.0 Å². The Balaban J connectivity index is 2.13. The molecule has 1 fully saturated rings. The topological polar surface area (TPSA) is 85.1 Å². The molecular weight excluding hydrogens is 250 g/mol. The number of sulfone groups is 1. The third-order valence-electron chi connectivity index (χ3n) is 3.45. The van der Waals surface area contributed by atoms with Gasteiger partial charge in [-0.1, -0.05) is 12.5 Å². The highest BCUT2D eigenvalue weighted by molar-refractivity contribution is 7.92. The van der Waals surface area contributed by atoms with E-state index in [1.54, 1.807) is 6.20 Å². The lowest BCUT2D eigenvalue weighted by Gasteiger charge is -2.29. The second-order valence-electron chi connectivity index (χ2n) is 4.70. The molecule has 100 valence electrons. The zero-order valence-electron chi connectivity index (χ0n) is 10.2. The van der Waals surface area contributed by atoms with E-state index in [1.807, 2.05) is 18.2 Å². The first-order chi connectivity index (χ1) is 8.63. The van der Waals surface area contributed by atoms with Gasteiger partial charge in [0.15, 0.2) is 9.84 Å². The van der Waals surface area contributed by atoms with Crippen LogP contribution < -0.4 is 11.3 Å². The molecule has 2 heterocycles. The van der Waals surface area contributed by atoms with Crippen LogP contribution in [-0.4, -0.2) is 30.4 Å². The second-order valence-corrected chi connectivity index (χ2v) is 7.04. The normalized spacial score (nSPS) is 24.6. The molecule has 0 amide bonds. The molecule has 2 rings (SSSR count). The number of aromatic nitrogens is 1. The van der Waals surface area contributed by atoms with E-state index in [9.17, 15) is 8.42 Å². The lowest BCUT2D eigenvalue weighted by molar-refractivity contribution is 0.438. The summed E-state index contributed by atoms with van der Waals surface area (Å²) in [6.07, 6.45) is 4.65. The summed E-state index contributed by atoms with van der Waals surface area (Å²) in [5.74, 6) is 5.81. The average molecular weight is 269 g/mol. The van der Waals surface area contributed by atoms with E-state index in [-0.39, 0.29) is 11.8 Å². The number of hydrogen-bond acceptors (Lipinski definition) is 5. The molecule has 2 unspecified atom stereocenters. The minimum Gasteiger partial charge on any atom is -0.271 e. The van der Waals surface area contributed by atoms with E-state index in [4.69, 9.17) is 5.84 Å². The molecule has 0 aromatic carbocycles. The number of hydrazine groups is 1. The number of pyridine rings is 1. The van der Waals surface area contributed by atoms with Crippen LogP contribution in [0, 0.1) is 0 Å². The Hall–Kier alpha value is -0.980. The quantitative estimate of drug-likeness (QED) is 0.611. The number of nitrogens with two attached hydrogens (primary N) is 1. The summed E-state index contributed by atoms with van der Waals surface area (Å²) in [6.45, 7) is 0. The molecule has 6 heteroatoms. The van der Waals surface area contributed by atoms with Crippen molar-refractivity contribution in [3.05, 3.63) is 30.1 Å². The van der Waals surface area contributed by atoms with Crippen LogP contribution in [0.3, 0.4) is 0 Å². The highest BCUT2D eigenvalue weighted by atomic mass is 32.2. The fourth-order valence-electron chi connectivity index (χ4n) is 2.47. The van der Waals surface area contributed by atoms with Crippen molar-refractivity contribution in [3.63, 3.8) is 0 Å². The zero-order chi connectivity index (χ0) is 13.0. The average Bonchev–Trinajstić information content (AvgIpc) is 2.37. The Kier molecular flexibility index (Phi) is 4.31. The monoisotopic (exact) mass is 269 g/mol. The molecule has 0 radical (unpaired) electrons.